The van der Waals surface area contributed by atoms with Crippen molar-refractivity contribution in [2.75, 3.05) is 0 Å². The first-order valence-electron chi connectivity index (χ1n) is 13.4. The lowest BCUT2D eigenvalue weighted by molar-refractivity contribution is 1.17. The van der Waals surface area contributed by atoms with Crippen LogP contribution >= 0.6 is 11.3 Å². The molecule has 0 bridgehead atoms. The minimum atomic E-state index is 1.13. The molecule has 8 aromatic rings. The van der Waals surface area contributed by atoms with Gasteiger partial charge in [0.1, 0.15) is 0 Å². The maximum absolute atomic E-state index is 5.69. The fourth-order valence-corrected chi connectivity index (χ4v) is 7.60. The molecule has 3 aromatic heterocycles. The molecule has 0 aliphatic rings. The molecular formula is C37H24N2S. The highest BCUT2D eigenvalue weighted by Crippen LogP contribution is 2.38. The van der Waals surface area contributed by atoms with Crippen LogP contribution in [0.15, 0.2) is 109 Å². The molecule has 8 rings (SSSR count). The van der Waals surface area contributed by atoms with E-state index in [1.54, 1.807) is 11.3 Å². The molecule has 188 valence electrons. The van der Waals surface area contributed by atoms with Crippen LogP contribution in [0.25, 0.3) is 77.2 Å². The van der Waals surface area contributed by atoms with Crippen molar-refractivity contribution in [2.24, 2.45) is 0 Å². The molecule has 3 heterocycles. The van der Waals surface area contributed by atoms with Crippen molar-refractivity contribution >= 4 is 77.2 Å². The average Bonchev–Trinajstić information content (AvgIpc) is 3.64. The Morgan fingerprint density at radius 3 is 1.85 bits per heavy atom. The van der Waals surface area contributed by atoms with Crippen molar-refractivity contribution < 1.29 is 0 Å². The summed E-state index contributed by atoms with van der Waals surface area (Å²) in [6, 6.07) is 39.5. The van der Waals surface area contributed by atoms with Gasteiger partial charge in [0.15, 0.2) is 0 Å². The summed E-state index contributed by atoms with van der Waals surface area (Å²) in [6.07, 6.45) is 9.74. The second kappa shape index (κ2) is 8.74. The van der Waals surface area contributed by atoms with Gasteiger partial charge in [-0.1, -0.05) is 78.7 Å². The molecule has 0 aliphatic heterocycles. The molecule has 0 radical (unpaired) electrons. The maximum Gasteiger partial charge on any atom is 0.0640 e. The van der Waals surface area contributed by atoms with Crippen LogP contribution < -0.4 is 9.75 Å². The number of thiophene rings is 1. The fraction of sp³-hybridized carbons (Fsp3) is 0.0270. The van der Waals surface area contributed by atoms with Crippen molar-refractivity contribution in [1.29, 1.82) is 0 Å². The highest BCUT2D eigenvalue weighted by molar-refractivity contribution is 7.17. The average molecular weight is 529 g/mol. The van der Waals surface area contributed by atoms with E-state index in [1.165, 1.54) is 64.6 Å². The normalized spacial score (nSPS) is 12.9. The molecule has 0 unspecified atom stereocenters. The minimum absolute atomic E-state index is 1.13. The zero-order valence-electron chi connectivity index (χ0n) is 21.9. The van der Waals surface area contributed by atoms with Crippen molar-refractivity contribution in [2.45, 2.75) is 6.92 Å². The Bertz CT molecular complexity index is 2410. The Kier molecular flexibility index (Phi) is 5.01. The van der Waals surface area contributed by atoms with Gasteiger partial charge in [0.25, 0.3) is 0 Å². The second-order valence-corrected chi connectivity index (χ2v) is 11.1. The molecule has 40 heavy (non-hydrogen) atoms. The standard InChI is InChI=1S/C37H24N2S/c1-3-12-36-25(4-2)29-16-11-20-35(37(29)40-36)39-33-19-10-7-15-28(33)30-23-24(21-22-34(30)39)38-31-17-8-5-13-26(31)27-14-6-9-18-32(27)38/h1,4-23H,2H3/b25-4-,36-12+. The largest absolute Gasteiger partial charge is 0.309 e. The number of fused-ring (bicyclic) bond motifs is 7. The van der Waals surface area contributed by atoms with E-state index in [0.29, 0.717) is 0 Å². The Morgan fingerprint density at radius 1 is 0.625 bits per heavy atom. The Hall–Kier alpha value is -5.04. The molecule has 0 saturated heterocycles. The van der Waals surface area contributed by atoms with Crippen molar-refractivity contribution in [3.63, 3.8) is 0 Å². The van der Waals surface area contributed by atoms with Gasteiger partial charge in [-0.3, -0.25) is 0 Å². The summed E-state index contributed by atoms with van der Waals surface area (Å²) < 4.78 is 7.17. The lowest BCUT2D eigenvalue weighted by Crippen LogP contribution is -2.17. The number of para-hydroxylation sites is 3. The molecule has 3 heteroatoms. The van der Waals surface area contributed by atoms with Crippen LogP contribution in [-0.2, 0) is 0 Å². The number of rotatable bonds is 2. The second-order valence-electron chi connectivity index (χ2n) is 10.1. The van der Waals surface area contributed by atoms with Crippen LogP contribution in [0.5, 0.6) is 0 Å². The summed E-state index contributed by atoms with van der Waals surface area (Å²) in [5, 5.41) is 7.46. The highest BCUT2D eigenvalue weighted by Gasteiger charge is 2.18. The van der Waals surface area contributed by atoms with Gasteiger partial charge < -0.3 is 9.13 Å². The molecule has 2 nitrogen and oxygen atoms in total. The fourth-order valence-electron chi connectivity index (χ4n) is 6.36. The molecule has 0 amide bonds. The van der Waals surface area contributed by atoms with E-state index >= 15 is 0 Å². The van der Waals surface area contributed by atoms with Crippen LogP contribution in [0, 0.1) is 12.3 Å². The molecular weight excluding hydrogens is 504 g/mol. The van der Waals surface area contributed by atoms with E-state index in [-0.39, 0.29) is 0 Å². The van der Waals surface area contributed by atoms with Crippen molar-refractivity contribution in [1.82, 2.24) is 9.13 Å². The quantitative estimate of drug-likeness (QED) is 0.200. The lowest BCUT2D eigenvalue weighted by Gasteiger charge is -2.11. The summed E-state index contributed by atoms with van der Waals surface area (Å²) in [5.41, 5.74) is 7.17. The summed E-state index contributed by atoms with van der Waals surface area (Å²) >= 11 is 1.76. The third-order valence-corrected chi connectivity index (χ3v) is 9.19. The predicted octanol–water partition coefficient (Wildman–Crippen LogP) is 8.31. The number of hydrogen-bond acceptors (Lipinski definition) is 1. The van der Waals surface area contributed by atoms with E-state index in [9.17, 15) is 0 Å². The first-order valence-corrected chi connectivity index (χ1v) is 14.3. The van der Waals surface area contributed by atoms with Crippen molar-refractivity contribution in [3.05, 3.63) is 119 Å². The lowest BCUT2D eigenvalue weighted by atomic mass is 10.1. The van der Waals surface area contributed by atoms with Crippen LogP contribution in [0.4, 0.5) is 0 Å². The number of terminal acetylenes is 1. The Labute approximate surface area is 235 Å². The number of hydrogen-bond donors (Lipinski definition) is 0. The van der Waals surface area contributed by atoms with Gasteiger partial charge in [-0.2, -0.15) is 0 Å². The van der Waals surface area contributed by atoms with E-state index in [2.05, 4.69) is 137 Å². The summed E-state index contributed by atoms with van der Waals surface area (Å²) in [7, 11) is 0. The van der Waals surface area contributed by atoms with Crippen LogP contribution in [0.2, 0.25) is 0 Å². The first-order chi connectivity index (χ1) is 19.8. The molecule has 0 N–H and O–H groups in total. The molecule has 5 aromatic carbocycles. The van der Waals surface area contributed by atoms with Crippen molar-refractivity contribution in [3.8, 4) is 23.7 Å². The number of aromatic nitrogens is 2. The van der Waals surface area contributed by atoms with Crippen LogP contribution in [-0.4, -0.2) is 9.13 Å². The third-order valence-electron chi connectivity index (χ3n) is 8.00. The summed E-state index contributed by atoms with van der Waals surface area (Å²) in [6.45, 7) is 2.08. The Morgan fingerprint density at radius 2 is 1.20 bits per heavy atom. The molecule has 0 saturated carbocycles. The maximum atomic E-state index is 5.69. The van der Waals surface area contributed by atoms with Gasteiger partial charge in [-0.15, -0.1) is 17.8 Å². The van der Waals surface area contributed by atoms with Gasteiger partial charge in [0.05, 0.1) is 32.5 Å². The van der Waals surface area contributed by atoms with E-state index in [0.717, 1.165) is 10.2 Å². The van der Waals surface area contributed by atoms with E-state index in [1.807, 2.05) is 6.08 Å². The van der Waals surface area contributed by atoms with Gasteiger partial charge in [-0.05, 0) is 54.6 Å². The highest BCUT2D eigenvalue weighted by atomic mass is 32.1. The molecule has 0 spiro atoms. The minimum Gasteiger partial charge on any atom is -0.309 e. The first kappa shape index (κ1) is 22.9. The number of benzene rings is 5. The van der Waals surface area contributed by atoms with E-state index < -0.39 is 0 Å². The monoisotopic (exact) mass is 528 g/mol. The van der Waals surface area contributed by atoms with Gasteiger partial charge >= 0.3 is 0 Å². The zero-order chi connectivity index (χ0) is 26.8. The smallest absolute Gasteiger partial charge is 0.0640 e. The zero-order valence-corrected chi connectivity index (χ0v) is 22.7. The summed E-state index contributed by atoms with van der Waals surface area (Å²) in [4.78, 5) is 0. The predicted molar refractivity (Wildman–Crippen MR) is 173 cm³/mol. The molecule has 0 fully saturated rings. The topological polar surface area (TPSA) is 9.86 Å². The number of nitrogens with zero attached hydrogens (tertiary/aromatic N) is 2. The van der Waals surface area contributed by atoms with Gasteiger partial charge in [0.2, 0.25) is 0 Å². The molecule has 0 atom stereocenters. The van der Waals surface area contributed by atoms with Crippen LogP contribution in [0.1, 0.15) is 6.92 Å². The van der Waals surface area contributed by atoms with E-state index in [4.69, 9.17) is 6.42 Å². The van der Waals surface area contributed by atoms with Gasteiger partial charge in [0, 0.05) is 43.2 Å². The summed E-state index contributed by atoms with van der Waals surface area (Å²) in [5.74, 6) is 2.73. The van der Waals surface area contributed by atoms with Gasteiger partial charge in [-0.25, -0.2) is 0 Å². The molecule has 0 aliphatic carbocycles. The third kappa shape index (κ3) is 3.12. The SMILES string of the molecule is C#C/C=c1/sc2c(-n3c4ccccc4c4cc(-n5c6ccccc6c6ccccc65)ccc43)cccc2/c1=C/C. The van der Waals surface area contributed by atoms with Crippen LogP contribution in [0.3, 0.4) is 0 Å². The Balaban J connectivity index is 1.47.